The molecule has 0 aliphatic heterocycles. The Hall–Kier alpha value is -1.40. The van der Waals surface area contributed by atoms with Gasteiger partial charge in [0.2, 0.25) is 0 Å². The van der Waals surface area contributed by atoms with Crippen LogP contribution in [0.2, 0.25) is 0 Å². The van der Waals surface area contributed by atoms with E-state index in [0.717, 1.165) is 44.3 Å². The molecule has 2 aromatic carbocycles. The van der Waals surface area contributed by atoms with Crippen LogP contribution >= 0.6 is 31.9 Å². The SMILES string of the molecule is CCC(C)(C)c1cc(-n2nc3c(Br)ccc(Br)c3n2)c(OC)c(C(C)(C)CC)c1. The van der Waals surface area contributed by atoms with E-state index in [-0.39, 0.29) is 10.8 Å². The van der Waals surface area contributed by atoms with Crippen molar-refractivity contribution in [1.29, 1.82) is 0 Å². The standard InChI is InChI=1S/C23H29Br2N3O/c1-8-22(3,4)14-12-15(23(5,6)9-2)21(29-7)18(13-14)28-26-19-16(24)10-11-17(25)20(19)27-28/h10-13H,8-9H2,1-7H3. The maximum atomic E-state index is 5.95. The summed E-state index contributed by atoms with van der Waals surface area (Å²) in [6.07, 6.45) is 2.04. The highest BCUT2D eigenvalue weighted by atomic mass is 79.9. The Morgan fingerprint density at radius 2 is 1.41 bits per heavy atom. The zero-order valence-electron chi connectivity index (χ0n) is 18.2. The third-order valence-corrected chi connectivity index (χ3v) is 7.49. The first-order valence-electron chi connectivity index (χ1n) is 10.00. The normalized spacial score (nSPS) is 12.6. The molecule has 0 aliphatic carbocycles. The Morgan fingerprint density at radius 1 is 0.897 bits per heavy atom. The van der Waals surface area contributed by atoms with E-state index in [1.807, 2.05) is 12.1 Å². The summed E-state index contributed by atoms with van der Waals surface area (Å²) in [6, 6.07) is 8.44. The monoisotopic (exact) mass is 521 g/mol. The topological polar surface area (TPSA) is 39.9 Å². The molecule has 1 aromatic heterocycles. The number of fused-ring (bicyclic) bond motifs is 1. The van der Waals surface area contributed by atoms with Crippen molar-refractivity contribution in [3.63, 3.8) is 0 Å². The van der Waals surface area contributed by atoms with E-state index in [1.54, 1.807) is 11.9 Å². The summed E-state index contributed by atoms with van der Waals surface area (Å²) in [6.45, 7) is 13.5. The molecular formula is C23H29Br2N3O. The first-order valence-corrected chi connectivity index (χ1v) is 11.6. The van der Waals surface area contributed by atoms with E-state index in [0.29, 0.717) is 0 Å². The van der Waals surface area contributed by atoms with E-state index in [2.05, 4.69) is 85.5 Å². The van der Waals surface area contributed by atoms with Crippen molar-refractivity contribution in [3.8, 4) is 11.4 Å². The minimum absolute atomic E-state index is 0.0341. The predicted octanol–water partition coefficient (Wildman–Crippen LogP) is 7.33. The second-order valence-corrected chi connectivity index (χ2v) is 10.5. The Balaban J connectivity index is 2.38. The second kappa shape index (κ2) is 8.03. The summed E-state index contributed by atoms with van der Waals surface area (Å²) in [4.78, 5) is 1.71. The molecule has 0 bridgehead atoms. The van der Waals surface area contributed by atoms with Crippen LogP contribution in [-0.4, -0.2) is 22.1 Å². The molecule has 6 heteroatoms. The van der Waals surface area contributed by atoms with Gasteiger partial charge in [0.05, 0.1) is 7.11 Å². The Bertz CT molecular complexity index is 1010. The van der Waals surface area contributed by atoms with Crippen LogP contribution in [0.4, 0.5) is 0 Å². The fourth-order valence-electron chi connectivity index (χ4n) is 3.30. The molecule has 0 N–H and O–H groups in total. The molecule has 156 valence electrons. The quantitative estimate of drug-likeness (QED) is 0.340. The predicted molar refractivity (Wildman–Crippen MR) is 127 cm³/mol. The van der Waals surface area contributed by atoms with Gasteiger partial charge in [-0.2, -0.15) is 0 Å². The number of hydrogen-bond donors (Lipinski definition) is 0. The lowest BCUT2D eigenvalue weighted by Gasteiger charge is -2.31. The van der Waals surface area contributed by atoms with Crippen LogP contribution in [0.15, 0.2) is 33.2 Å². The van der Waals surface area contributed by atoms with Crippen molar-refractivity contribution in [3.05, 3.63) is 44.3 Å². The molecular weight excluding hydrogens is 494 g/mol. The van der Waals surface area contributed by atoms with Gasteiger partial charge < -0.3 is 4.74 Å². The molecule has 0 unspecified atom stereocenters. The van der Waals surface area contributed by atoms with Crippen LogP contribution in [0.25, 0.3) is 16.7 Å². The summed E-state index contributed by atoms with van der Waals surface area (Å²) in [5.41, 5.74) is 4.97. The summed E-state index contributed by atoms with van der Waals surface area (Å²) >= 11 is 7.20. The van der Waals surface area contributed by atoms with Gasteiger partial charge in [0.15, 0.2) is 0 Å². The number of ether oxygens (including phenoxy) is 1. The van der Waals surface area contributed by atoms with Gasteiger partial charge in [0.1, 0.15) is 22.5 Å². The maximum Gasteiger partial charge on any atom is 0.150 e. The third kappa shape index (κ3) is 3.98. The van der Waals surface area contributed by atoms with Crippen molar-refractivity contribution >= 4 is 42.9 Å². The average molecular weight is 523 g/mol. The molecule has 0 aliphatic rings. The molecule has 0 saturated carbocycles. The number of rotatable bonds is 6. The lowest BCUT2D eigenvalue weighted by atomic mass is 9.76. The van der Waals surface area contributed by atoms with E-state index < -0.39 is 0 Å². The summed E-state index contributed by atoms with van der Waals surface area (Å²) in [7, 11) is 1.73. The molecule has 3 rings (SSSR count). The number of aromatic nitrogens is 3. The Kier molecular flexibility index (Phi) is 6.17. The number of nitrogens with zero attached hydrogens (tertiary/aromatic N) is 3. The average Bonchev–Trinajstić information content (AvgIpc) is 3.16. The number of benzene rings is 2. The van der Waals surface area contributed by atoms with Crippen molar-refractivity contribution in [1.82, 2.24) is 15.0 Å². The number of methoxy groups -OCH3 is 1. The van der Waals surface area contributed by atoms with E-state index in [4.69, 9.17) is 14.9 Å². The fourth-order valence-corrected chi connectivity index (χ4v) is 4.10. The van der Waals surface area contributed by atoms with Gasteiger partial charge in [0, 0.05) is 14.5 Å². The summed E-state index contributed by atoms with van der Waals surface area (Å²) in [5.74, 6) is 0.833. The third-order valence-electron chi connectivity index (χ3n) is 6.21. The van der Waals surface area contributed by atoms with E-state index >= 15 is 0 Å². The molecule has 0 radical (unpaired) electrons. The molecule has 1 heterocycles. The maximum absolute atomic E-state index is 5.95. The summed E-state index contributed by atoms with van der Waals surface area (Å²) in [5, 5.41) is 9.60. The highest BCUT2D eigenvalue weighted by Gasteiger charge is 2.30. The molecule has 4 nitrogen and oxygen atoms in total. The highest BCUT2D eigenvalue weighted by molar-refractivity contribution is 9.11. The molecule has 0 amide bonds. The van der Waals surface area contributed by atoms with Crippen molar-refractivity contribution in [2.24, 2.45) is 0 Å². The van der Waals surface area contributed by atoms with Gasteiger partial charge in [0.25, 0.3) is 0 Å². The van der Waals surface area contributed by atoms with Gasteiger partial charge in [-0.1, -0.05) is 47.6 Å². The van der Waals surface area contributed by atoms with Gasteiger partial charge >= 0.3 is 0 Å². The molecule has 0 saturated heterocycles. The lowest BCUT2D eigenvalue weighted by molar-refractivity contribution is 0.383. The van der Waals surface area contributed by atoms with Crippen molar-refractivity contribution < 1.29 is 4.74 Å². The molecule has 29 heavy (non-hydrogen) atoms. The zero-order valence-corrected chi connectivity index (χ0v) is 21.4. The van der Waals surface area contributed by atoms with E-state index in [9.17, 15) is 0 Å². The van der Waals surface area contributed by atoms with Crippen molar-refractivity contribution in [2.75, 3.05) is 7.11 Å². The lowest BCUT2D eigenvalue weighted by Crippen LogP contribution is -2.22. The fraction of sp³-hybridized carbons (Fsp3) is 0.478. The number of halogens is 2. The van der Waals surface area contributed by atoms with Crippen molar-refractivity contribution in [2.45, 2.75) is 65.2 Å². The van der Waals surface area contributed by atoms with Crippen LogP contribution in [-0.2, 0) is 10.8 Å². The van der Waals surface area contributed by atoms with Crippen LogP contribution < -0.4 is 4.74 Å². The van der Waals surface area contributed by atoms with Gasteiger partial charge in [-0.3, -0.25) is 0 Å². The van der Waals surface area contributed by atoms with Crippen LogP contribution in [0.3, 0.4) is 0 Å². The number of hydrogen-bond acceptors (Lipinski definition) is 3. The largest absolute Gasteiger partial charge is 0.494 e. The first-order chi connectivity index (χ1) is 13.6. The zero-order chi connectivity index (χ0) is 21.6. The van der Waals surface area contributed by atoms with Crippen LogP contribution in [0.1, 0.15) is 65.5 Å². The van der Waals surface area contributed by atoms with Crippen LogP contribution in [0.5, 0.6) is 5.75 Å². The molecule has 0 spiro atoms. The smallest absolute Gasteiger partial charge is 0.150 e. The van der Waals surface area contributed by atoms with Gasteiger partial charge in [-0.05, 0) is 79.3 Å². The Morgan fingerprint density at radius 3 is 1.86 bits per heavy atom. The Labute approximate surface area is 190 Å². The minimum atomic E-state index is -0.0341. The molecule has 3 aromatic rings. The molecule has 0 atom stereocenters. The van der Waals surface area contributed by atoms with Gasteiger partial charge in [-0.25, -0.2) is 0 Å². The minimum Gasteiger partial charge on any atom is -0.494 e. The highest BCUT2D eigenvalue weighted by Crippen LogP contribution is 2.42. The second-order valence-electron chi connectivity index (χ2n) is 8.77. The molecule has 0 fully saturated rings. The summed E-state index contributed by atoms with van der Waals surface area (Å²) < 4.78 is 7.79. The van der Waals surface area contributed by atoms with Crippen LogP contribution in [0, 0.1) is 0 Å². The van der Waals surface area contributed by atoms with E-state index in [1.165, 1.54) is 11.1 Å². The first kappa shape index (κ1) is 22.3. The van der Waals surface area contributed by atoms with Gasteiger partial charge in [-0.15, -0.1) is 15.0 Å².